The number of esters is 1. The van der Waals surface area contributed by atoms with Crippen LogP contribution in [0.4, 0.5) is 5.69 Å². The van der Waals surface area contributed by atoms with Crippen LogP contribution in [0.1, 0.15) is 12.5 Å². The Morgan fingerprint density at radius 2 is 2.14 bits per heavy atom. The number of hydrogen-bond donors (Lipinski definition) is 1. The molecule has 1 atom stereocenters. The van der Waals surface area contributed by atoms with Crippen LogP contribution in [0.25, 0.3) is 0 Å². The first-order chi connectivity index (χ1) is 9.95. The molecule has 7 heteroatoms. The van der Waals surface area contributed by atoms with Crippen LogP contribution >= 0.6 is 0 Å². The lowest BCUT2D eigenvalue weighted by atomic mass is 10.1. The van der Waals surface area contributed by atoms with E-state index < -0.39 is 22.9 Å². The highest BCUT2D eigenvalue weighted by molar-refractivity contribution is 5.84. The van der Waals surface area contributed by atoms with Crippen molar-refractivity contribution in [2.75, 3.05) is 6.54 Å². The number of ether oxygens (including phenoxy) is 1. The lowest BCUT2D eigenvalue weighted by Gasteiger charge is -2.12. The standard InChI is InChI=1S/C14H16N2O5/c1-3-8-15-14(18)10(2)21-13(17)9-11-6-4-5-7-12(11)16(19)20/h3-7,10H,1,8-9H2,2H3,(H,15,18). The van der Waals surface area contributed by atoms with E-state index in [0.717, 1.165) is 0 Å². The maximum absolute atomic E-state index is 11.7. The lowest BCUT2D eigenvalue weighted by molar-refractivity contribution is -0.385. The molecular weight excluding hydrogens is 276 g/mol. The molecule has 7 nitrogen and oxygen atoms in total. The average Bonchev–Trinajstić information content (AvgIpc) is 2.44. The summed E-state index contributed by atoms with van der Waals surface area (Å²) in [5.74, 6) is -1.16. The minimum atomic E-state index is -0.972. The lowest BCUT2D eigenvalue weighted by Crippen LogP contribution is -2.36. The molecule has 0 aliphatic carbocycles. The maximum Gasteiger partial charge on any atom is 0.311 e. The Balaban J connectivity index is 2.64. The molecule has 1 unspecified atom stereocenters. The number of nitro groups is 1. The van der Waals surface area contributed by atoms with Gasteiger partial charge in [0.05, 0.1) is 11.3 Å². The van der Waals surface area contributed by atoms with E-state index in [9.17, 15) is 19.7 Å². The van der Waals surface area contributed by atoms with Crippen molar-refractivity contribution in [1.29, 1.82) is 0 Å². The number of nitrogens with one attached hydrogen (secondary N) is 1. The number of nitrogens with zero attached hydrogens (tertiary/aromatic N) is 1. The van der Waals surface area contributed by atoms with Crippen molar-refractivity contribution in [2.24, 2.45) is 0 Å². The fourth-order valence-corrected chi connectivity index (χ4v) is 1.60. The van der Waals surface area contributed by atoms with Crippen molar-refractivity contribution in [2.45, 2.75) is 19.4 Å². The van der Waals surface area contributed by atoms with Crippen LogP contribution in [0.2, 0.25) is 0 Å². The van der Waals surface area contributed by atoms with Crippen molar-refractivity contribution >= 4 is 17.6 Å². The van der Waals surface area contributed by atoms with Gasteiger partial charge in [-0.25, -0.2) is 0 Å². The first kappa shape index (κ1) is 16.4. The fraction of sp³-hybridized carbons (Fsp3) is 0.286. The third-order valence-corrected chi connectivity index (χ3v) is 2.62. The minimum absolute atomic E-state index is 0.154. The summed E-state index contributed by atoms with van der Waals surface area (Å²) in [6.45, 7) is 5.14. The van der Waals surface area contributed by atoms with Crippen molar-refractivity contribution < 1.29 is 19.2 Å². The highest BCUT2D eigenvalue weighted by atomic mass is 16.6. The third-order valence-electron chi connectivity index (χ3n) is 2.62. The van der Waals surface area contributed by atoms with E-state index >= 15 is 0 Å². The molecular formula is C14H16N2O5. The quantitative estimate of drug-likeness (QED) is 0.354. The van der Waals surface area contributed by atoms with Gasteiger partial charge in [-0.15, -0.1) is 6.58 Å². The molecule has 0 spiro atoms. The molecule has 1 N–H and O–H groups in total. The SMILES string of the molecule is C=CCNC(=O)C(C)OC(=O)Cc1ccccc1[N+](=O)[O-]. The van der Waals surface area contributed by atoms with E-state index in [1.165, 1.54) is 31.2 Å². The van der Waals surface area contributed by atoms with Crippen LogP contribution < -0.4 is 5.32 Å². The van der Waals surface area contributed by atoms with E-state index in [-0.39, 0.29) is 24.2 Å². The van der Waals surface area contributed by atoms with Gasteiger partial charge in [-0.1, -0.05) is 24.3 Å². The summed E-state index contributed by atoms with van der Waals surface area (Å²) in [7, 11) is 0. The molecule has 0 aromatic heterocycles. The first-order valence-electron chi connectivity index (χ1n) is 6.26. The number of para-hydroxylation sites is 1. The summed E-state index contributed by atoms with van der Waals surface area (Å²) in [6.07, 6.45) is 0.260. The Bertz CT molecular complexity index is 556. The molecule has 0 saturated carbocycles. The van der Waals surface area contributed by atoms with Crippen LogP contribution in [-0.4, -0.2) is 29.4 Å². The number of nitro benzene ring substituents is 1. The van der Waals surface area contributed by atoms with Gasteiger partial charge in [0.15, 0.2) is 6.10 Å². The highest BCUT2D eigenvalue weighted by Gasteiger charge is 2.20. The average molecular weight is 292 g/mol. The number of benzene rings is 1. The Kier molecular flexibility index (Phi) is 6.06. The molecule has 0 bridgehead atoms. The summed E-state index contributed by atoms with van der Waals surface area (Å²) in [5.41, 5.74) is 0.0874. The zero-order valence-corrected chi connectivity index (χ0v) is 11.6. The topological polar surface area (TPSA) is 98.5 Å². The van der Waals surface area contributed by atoms with Crippen molar-refractivity contribution in [1.82, 2.24) is 5.32 Å². The molecule has 0 saturated heterocycles. The largest absolute Gasteiger partial charge is 0.452 e. The van der Waals surface area contributed by atoms with Gasteiger partial charge in [0, 0.05) is 18.2 Å². The van der Waals surface area contributed by atoms with Gasteiger partial charge < -0.3 is 10.1 Å². The zero-order chi connectivity index (χ0) is 15.8. The van der Waals surface area contributed by atoms with Gasteiger partial charge in [-0.3, -0.25) is 19.7 Å². The molecule has 0 aliphatic rings. The smallest absolute Gasteiger partial charge is 0.311 e. The first-order valence-corrected chi connectivity index (χ1v) is 6.26. The summed E-state index contributed by atoms with van der Waals surface area (Å²) < 4.78 is 4.94. The van der Waals surface area contributed by atoms with Crippen LogP contribution in [-0.2, 0) is 20.7 Å². The third kappa shape index (κ3) is 5.06. The van der Waals surface area contributed by atoms with E-state index in [0.29, 0.717) is 0 Å². The van der Waals surface area contributed by atoms with Gasteiger partial charge in [0.1, 0.15) is 0 Å². The fourth-order valence-electron chi connectivity index (χ4n) is 1.60. The summed E-state index contributed by atoms with van der Waals surface area (Å²) in [6, 6.07) is 5.89. The van der Waals surface area contributed by atoms with Crippen molar-refractivity contribution in [3.63, 3.8) is 0 Å². The van der Waals surface area contributed by atoms with Crippen molar-refractivity contribution in [3.8, 4) is 0 Å². The van der Waals surface area contributed by atoms with Crippen LogP contribution in [0.5, 0.6) is 0 Å². The molecule has 0 fully saturated rings. The molecule has 21 heavy (non-hydrogen) atoms. The van der Waals surface area contributed by atoms with E-state index in [2.05, 4.69) is 11.9 Å². The summed E-state index contributed by atoms with van der Waals surface area (Å²) >= 11 is 0. The molecule has 1 aromatic rings. The molecule has 112 valence electrons. The molecule has 0 radical (unpaired) electrons. The van der Waals surface area contributed by atoms with E-state index in [1.54, 1.807) is 6.07 Å². The molecule has 0 heterocycles. The van der Waals surface area contributed by atoms with Crippen molar-refractivity contribution in [3.05, 3.63) is 52.6 Å². The second kappa shape index (κ2) is 7.78. The van der Waals surface area contributed by atoms with E-state index in [1.807, 2.05) is 0 Å². The maximum atomic E-state index is 11.7. The molecule has 1 amide bonds. The molecule has 0 aliphatic heterocycles. The van der Waals surface area contributed by atoms with Gasteiger partial charge in [-0.2, -0.15) is 0 Å². The number of carbonyl (C=O) groups excluding carboxylic acids is 2. The Labute approximate surface area is 121 Å². The second-order valence-electron chi connectivity index (χ2n) is 4.23. The normalized spacial score (nSPS) is 11.3. The van der Waals surface area contributed by atoms with Crippen LogP contribution in [0.15, 0.2) is 36.9 Å². The zero-order valence-electron chi connectivity index (χ0n) is 11.6. The summed E-state index contributed by atoms with van der Waals surface area (Å²) in [5, 5.41) is 13.3. The van der Waals surface area contributed by atoms with Crippen LogP contribution in [0, 0.1) is 10.1 Å². The predicted molar refractivity (Wildman–Crippen MR) is 75.6 cm³/mol. The number of hydrogen-bond acceptors (Lipinski definition) is 5. The molecule has 1 rings (SSSR count). The van der Waals surface area contributed by atoms with Gasteiger partial charge >= 0.3 is 5.97 Å². The van der Waals surface area contributed by atoms with Crippen LogP contribution in [0.3, 0.4) is 0 Å². The van der Waals surface area contributed by atoms with Gasteiger partial charge in [-0.05, 0) is 6.92 Å². The predicted octanol–water partition coefficient (Wildman–Crippen LogP) is 1.37. The second-order valence-corrected chi connectivity index (χ2v) is 4.23. The monoisotopic (exact) mass is 292 g/mol. The van der Waals surface area contributed by atoms with Gasteiger partial charge in [0.25, 0.3) is 11.6 Å². The van der Waals surface area contributed by atoms with E-state index in [4.69, 9.17) is 4.74 Å². The Morgan fingerprint density at radius 1 is 1.48 bits per heavy atom. The van der Waals surface area contributed by atoms with Gasteiger partial charge in [0.2, 0.25) is 0 Å². The number of amides is 1. The number of rotatable bonds is 7. The minimum Gasteiger partial charge on any atom is -0.452 e. The number of carbonyl (C=O) groups is 2. The molecule has 1 aromatic carbocycles. The summed E-state index contributed by atoms with van der Waals surface area (Å²) in [4.78, 5) is 33.5. The Morgan fingerprint density at radius 3 is 2.76 bits per heavy atom. The highest BCUT2D eigenvalue weighted by Crippen LogP contribution is 2.18. The Hall–Kier alpha value is -2.70.